The molecule has 1 N–H and O–H groups in total. The maximum absolute atomic E-state index is 12.1. The summed E-state index contributed by atoms with van der Waals surface area (Å²) in [5.74, 6) is -2.77. The van der Waals surface area contributed by atoms with E-state index < -0.39 is 30.3 Å². The number of hydrogen-bond acceptors (Lipinski definition) is 5. The first-order valence-corrected chi connectivity index (χ1v) is 8.05. The summed E-state index contributed by atoms with van der Waals surface area (Å²) in [5.41, 5.74) is 0. The van der Waals surface area contributed by atoms with Gasteiger partial charge < -0.3 is 10.2 Å². The Balaban J connectivity index is 1.89. The predicted octanol–water partition coefficient (Wildman–Crippen LogP) is -0.686. The average molecular weight is 338 g/mol. The minimum atomic E-state index is -1.000. The molecule has 2 fully saturated rings. The van der Waals surface area contributed by atoms with Crippen molar-refractivity contribution in [3.8, 4) is 0 Å². The molecule has 2 aliphatic rings. The molecule has 2 rings (SSSR count). The minimum Gasteiger partial charge on any atom is -0.352 e. The standard InChI is InChI=1S/C15H22N4O5/c1-3-4-7-18-13(22)14(23)19(15(18)24)9-12(21)17(2)8-11(20)16-10-5-6-10/h10H,3-9H2,1-2H3,(H,16,20). The predicted molar refractivity (Wildman–Crippen MR) is 82.5 cm³/mol. The summed E-state index contributed by atoms with van der Waals surface area (Å²) >= 11 is 0. The van der Waals surface area contributed by atoms with Gasteiger partial charge in [-0.05, 0) is 19.3 Å². The molecule has 9 heteroatoms. The SMILES string of the molecule is CCCCN1C(=O)C(=O)N(CC(=O)N(C)CC(=O)NC2CC2)C1=O. The number of imide groups is 2. The molecule has 0 spiro atoms. The van der Waals surface area contributed by atoms with E-state index in [0.717, 1.165) is 29.1 Å². The Bertz CT molecular complexity index is 572. The van der Waals surface area contributed by atoms with Crippen LogP contribution in [0, 0.1) is 0 Å². The van der Waals surface area contributed by atoms with Crippen molar-refractivity contribution in [2.75, 3.05) is 26.7 Å². The summed E-state index contributed by atoms with van der Waals surface area (Å²) < 4.78 is 0. The van der Waals surface area contributed by atoms with Gasteiger partial charge in [0.05, 0.1) is 6.54 Å². The lowest BCUT2D eigenvalue weighted by atomic mass is 10.3. The number of likely N-dealkylation sites (N-methyl/N-ethyl adjacent to an activating group) is 1. The first-order chi connectivity index (χ1) is 11.3. The van der Waals surface area contributed by atoms with Crippen LogP contribution in [0.2, 0.25) is 0 Å². The zero-order valence-electron chi connectivity index (χ0n) is 13.9. The zero-order valence-corrected chi connectivity index (χ0v) is 13.9. The molecule has 1 saturated heterocycles. The van der Waals surface area contributed by atoms with Crippen molar-refractivity contribution < 1.29 is 24.0 Å². The van der Waals surface area contributed by atoms with E-state index >= 15 is 0 Å². The highest BCUT2D eigenvalue weighted by molar-refractivity contribution is 6.45. The maximum atomic E-state index is 12.1. The average Bonchev–Trinajstić information content (AvgIpc) is 3.31. The fraction of sp³-hybridized carbons (Fsp3) is 0.667. The maximum Gasteiger partial charge on any atom is 0.334 e. The molecule has 1 aliphatic carbocycles. The fourth-order valence-electron chi connectivity index (χ4n) is 2.26. The highest BCUT2D eigenvalue weighted by Crippen LogP contribution is 2.18. The second-order valence-electron chi connectivity index (χ2n) is 6.08. The lowest BCUT2D eigenvalue weighted by Gasteiger charge is -2.20. The van der Waals surface area contributed by atoms with E-state index in [9.17, 15) is 24.0 Å². The highest BCUT2D eigenvalue weighted by Gasteiger charge is 2.45. The van der Waals surface area contributed by atoms with Crippen molar-refractivity contribution in [3.63, 3.8) is 0 Å². The third-order valence-electron chi connectivity index (χ3n) is 3.91. The Morgan fingerprint density at radius 1 is 1.17 bits per heavy atom. The summed E-state index contributed by atoms with van der Waals surface area (Å²) in [6.45, 7) is 1.36. The van der Waals surface area contributed by atoms with Gasteiger partial charge in [-0.15, -0.1) is 0 Å². The molecule has 0 aromatic rings. The largest absolute Gasteiger partial charge is 0.352 e. The first-order valence-electron chi connectivity index (χ1n) is 8.05. The van der Waals surface area contributed by atoms with E-state index in [1.807, 2.05) is 6.92 Å². The Hall–Kier alpha value is -2.45. The molecule has 6 amide bonds. The number of unbranched alkanes of at least 4 members (excludes halogenated alkanes) is 1. The van der Waals surface area contributed by atoms with Crippen LogP contribution in [-0.4, -0.2) is 77.1 Å². The van der Waals surface area contributed by atoms with E-state index in [1.165, 1.54) is 7.05 Å². The van der Waals surface area contributed by atoms with E-state index in [4.69, 9.17) is 0 Å². The molecule has 0 radical (unpaired) electrons. The Kier molecular flexibility index (Phi) is 5.53. The third kappa shape index (κ3) is 4.09. The lowest BCUT2D eigenvalue weighted by Crippen LogP contribution is -2.45. The summed E-state index contributed by atoms with van der Waals surface area (Å²) in [5, 5.41) is 2.75. The van der Waals surface area contributed by atoms with Crippen LogP contribution in [0.15, 0.2) is 0 Å². The van der Waals surface area contributed by atoms with Crippen LogP contribution in [0.1, 0.15) is 32.6 Å². The van der Waals surface area contributed by atoms with Gasteiger partial charge in [-0.25, -0.2) is 9.69 Å². The first kappa shape index (κ1) is 17.9. The van der Waals surface area contributed by atoms with Gasteiger partial charge in [0.1, 0.15) is 6.54 Å². The molecule has 0 bridgehead atoms. The molecule has 9 nitrogen and oxygen atoms in total. The molecule has 132 valence electrons. The number of hydrogen-bond donors (Lipinski definition) is 1. The summed E-state index contributed by atoms with van der Waals surface area (Å²) in [4.78, 5) is 62.3. The molecule has 1 heterocycles. The molecule has 0 aromatic heterocycles. The topological polar surface area (TPSA) is 107 Å². The number of amides is 6. The van der Waals surface area contributed by atoms with Crippen molar-refractivity contribution in [2.45, 2.75) is 38.6 Å². The van der Waals surface area contributed by atoms with Crippen LogP contribution in [0.3, 0.4) is 0 Å². The van der Waals surface area contributed by atoms with E-state index in [1.54, 1.807) is 0 Å². The normalized spacial score (nSPS) is 17.5. The van der Waals surface area contributed by atoms with Gasteiger partial charge in [0, 0.05) is 19.6 Å². The van der Waals surface area contributed by atoms with Crippen LogP contribution >= 0.6 is 0 Å². The van der Waals surface area contributed by atoms with Gasteiger partial charge in [-0.3, -0.25) is 24.1 Å². The van der Waals surface area contributed by atoms with Crippen LogP contribution in [0.25, 0.3) is 0 Å². The third-order valence-corrected chi connectivity index (χ3v) is 3.91. The molecule has 0 aromatic carbocycles. The van der Waals surface area contributed by atoms with E-state index in [-0.39, 0.29) is 25.0 Å². The number of urea groups is 1. The highest BCUT2D eigenvalue weighted by atomic mass is 16.2. The van der Waals surface area contributed by atoms with Gasteiger partial charge in [-0.1, -0.05) is 13.3 Å². The number of rotatable bonds is 8. The van der Waals surface area contributed by atoms with Crippen molar-refractivity contribution >= 4 is 29.7 Å². The van der Waals surface area contributed by atoms with Gasteiger partial charge >= 0.3 is 17.8 Å². The van der Waals surface area contributed by atoms with Crippen LogP contribution < -0.4 is 5.32 Å². The molecule has 1 saturated carbocycles. The number of nitrogens with zero attached hydrogens (tertiary/aromatic N) is 3. The smallest absolute Gasteiger partial charge is 0.334 e. The molecular weight excluding hydrogens is 316 g/mol. The molecule has 0 unspecified atom stereocenters. The molecular formula is C15H22N4O5. The van der Waals surface area contributed by atoms with E-state index in [0.29, 0.717) is 11.3 Å². The van der Waals surface area contributed by atoms with Gasteiger partial charge in [-0.2, -0.15) is 0 Å². The molecule has 24 heavy (non-hydrogen) atoms. The Labute approximate surface area is 139 Å². The van der Waals surface area contributed by atoms with Gasteiger partial charge in [0.25, 0.3) is 0 Å². The molecule has 0 atom stereocenters. The second kappa shape index (κ2) is 7.41. The van der Waals surface area contributed by atoms with Crippen molar-refractivity contribution in [1.29, 1.82) is 0 Å². The second-order valence-corrected chi connectivity index (χ2v) is 6.08. The Morgan fingerprint density at radius 2 is 1.79 bits per heavy atom. The monoisotopic (exact) mass is 338 g/mol. The summed E-state index contributed by atoms with van der Waals surface area (Å²) in [6.07, 6.45) is 3.24. The summed E-state index contributed by atoms with van der Waals surface area (Å²) in [6, 6.07) is -0.588. The van der Waals surface area contributed by atoms with E-state index in [2.05, 4.69) is 5.32 Å². The number of carbonyl (C=O) groups is 5. The lowest BCUT2D eigenvalue weighted by molar-refractivity contribution is -0.145. The van der Waals surface area contributed by atoms with Crippen molar-refractivity contribution in [1.82, 2.24) is 20.0 Å². The van der Waals surface area contributed by atoms with Crippen LogP contribution in [0.4, 0.5) is 4.79 Å². The van der Waals surface area contributed by atoms with Crippen LogP contribution in [-0.2, 0) is 19.2 Å². The van der Waals surface area contributed by atoms with Crippen molar-refractivity contribution in [2.24, 2.45) is 0 Å². The fourth-order valence-corrected chi connectivity index (χ4v) is 2.26. The number of carbonyl (C=O) groups excluding carboxylic acids is 5. The molecule has 1 aliphatic heterocycles. The Morgan fingerprint density at radius 3 is 2.38 bits per heavy atom. The van der Waals surface area contributed by atoms with Crippen LogP contribution in [0.5, 0.6) is 0 Å². The summed E-state index contributed by atoms with van der Waals surface area (Å²) in [7, 11) is 1.41. The van der Waals surface area contributed by atoms with Gasteiger partial charge in [0.15, 0.2) is 0 Å². The minimum absolute atomic E-state index is 0.154. The number of nitrogens with one attached hydrogen (secondary N) is 1. The quantitative estimate of drug-likeness (QED) is 0.466. The zero-order chi connectivity index (χ0) is 17.9. The van der Waals surface area contributed by atoms with Crippen molar-refractivity contribution in [3.05, 3.63) is 0 Å². The van der Waals surface area contributed by atoms with Gasteiger partial charge in [0.2, 0.25) is 11.8 Å².